The van der Waals surface area contributed by atoms with Gasteiger partial charge in [0.25, 0.3) is 5.56 Å². The first-order chi connectivity index (χ1) is 14.9. The second kappa shape index (κ2) is 8.20. The number of aromatic nitrogens is 3. The van der Waals surface area contributed by atoms with E-state index in [-0.39, 0.29) is 23.7 Å². The number of hydrogen-bond donors (Lipinski definition) is 3. The van der Waals surface area contributed by atoms with E-state index in [0.717, 1.165) is 22.2 Å². The lowest BCUT2D eigenvalue weighted by molar-refractivity contribution is 0.0691. The van der Waals surface area contributed by atoms with Crippen molar-refractivity contribution < 1.29 is 9.90 Å². The number of H-pyrrole nitrogens is 1. The SMILES string of the molecule is CC(C)Cn1c(CN)c(-c2ccccc2)c2cc(-c3ncc(C(=O)O)[nH]3)ccc2c1=O. The van der Waals surface area contributed by atoms with Crippen molar-refractivity contribution in [3.8, 4) is 22.5 Å². The zero-order valence-electron chi connectivity index (χ0n) is 17.4. The van der Waals surface area contributed by atoms with Gasteiger partial charge in [-0.1, -0.05) is 50.2 Å². The van der Waals surface area contributed by atoms with Crippen molar-refractivity contribution in [2.45, 2.75) is 26.9 Å². The molecule has 0 radical (unpaired) electrons. The summed E-state index contributed by atoms with van der Waals surface area (Å²) in [6.07, 6.45) is 1.28. The molecule has 0 aliphatic rings. The smallest absolute Gasteiger partial charge is 0.353 e. The van der Waals surface area contributed by atoms with Gasteiger partial charge in [-0.3, -0.25) is 4.79 Å². The van der Waals surface area contributed by atoms with Crippen LogP contribution in [0.5, 0.6) is 0 Å². The van der Waals surface area contributed by atoms with Gasteiger partial charge in [0.1, 0.15) is 11.5 Å². The van der Waals surface area contributed by atoms with Gasteiger partial charge in [-0.2, -0.15) is 0 Å². The molecule has 4 aromatic rings. The van der Waals surface area contributed by atoms with Gasteiger partial charge in [0.15, 0.2) is 0 Å². The van der Waals surface area contributed by atoms with Crippen molar-refractivity contribution in [3.63, 3.8) is 0 Å². The van der Waals surface area contributed by atoms with Gasteiger partial charge < -0.3 is 20.4 Å². The Kier molecular flexibility index (Phi) is 5.44. The second-order valence-electron chi connectivity index (χ2n) is 7.91. The second-order valence-corrected chi connectivity index (χ2v) is 7.91. The minimum atomic E-state index is -1.08. The molecule has 158 valence electrons. The molecule has 7 nitrogen and oxygen atoms in total. The molecule has 0 bridgehead atoms. The summed E-state index contributed by atoms with van der Waals surface area (Å²) in [7, 11) is 0. The van der Waals surface area contributed by atoms with Crippen LogP contribution in [0.3, 0.4) is 0 Å². The lowest BCUT2D eigenvalue weighted by atomic mass is 9.95. The Labute approximate surface area is 179 Å². The summed E-state index contributed by atoms with van der Waals surface area (Å²) in [6.45, 7) is 4.93. The predicted octanol–water partition coefficient (Wildman–Crippen LogP) is 3.87. The van der Waals surface area contributed by atoms with E-state index >= 15 is 0 Å². The van der Waals surface area contributed by atoms with Crippen LogP contribution in [0.4, 0.5) is 0 Å². The average Bonchev–Trinajstić information content (AvgIpc) is 3.26. The number of aromatic carboxylic acids is 1. The van der Waals surface area contributed by atoms with Crippen molar-refractivity contribution in [2.75, 3.05) is 0 Å². The molecule has 0 aliphatic carbocycles. The third-order valence-electron chi connectivity index (χ3n) is 5.26. The highest BCUT2D eigenvalue weighted by molar-refractivity contribution is 5.99. The van der Waals surface area contributed by atoms with Crippen LogP contribution >= 0.6 is 0 Å². The number of fused-ring (bicyclic) bond motifs is 1. The van der Waals surface area contributed by atoms with Crippen LogP contribution in [-0.4, -0.2) is 25.6 Å². The van der Waals surface area contributed by atoms with E-state index < -0.39 is 5.97 Å². The number of nitrogens with two attached hydrogens (primary N) is 1. The largest absolute Gasteiger partial charge is 0.477 e. The third kappa shape index (κ3) is 3.75. The molecule has 0 aliphatic heterocycles. The van der Waals surface area contributed by atoms with Crippen LogP contribution in [0.15, 0.2) is 59.5 Å². The Morgan fingerprint density at radius 2 is 1.87 bits per heavy atom. The van der Waals surface area contributed by atoms with E-state index in [0.29, 0.717) is 23.3 Å². The fourth-order valence-electron chi connectivity index (χ4n) is 3.92. The molecule has 4 rings (SSSR count). The molecule has 2 aromatic carbocycles. The van der Waals surface area contributed by atoms with Gasteiger partial charge in [-0.25, -0.2) is 9.78 Å². The maximum Gasteiger partial charge on any atom is 0.353 e. The number of rotatable bonds is 6. The number of nitrogens with zero attached hydrogens (tertiary/aromatic N) is 2. The van der Waals surface area contributed by atoms with Gasteiger partial charge in [0.05, 0.1) is 6.20 Å². The maximum absolute atomic E-state index is 13.4. The highest BCUT2D eigenvalue weighted by Crippen LogP contribution is 2.33. The Hall–Kier alpha value is -3.71. The van der Waals surface area contributed by atoms with Crippen LogP contribution in [0.2, 0.25) is 0 Å². The van der Waals surface area contributed by atoms with E-state index in [1.807, 2.05) is 36.4 Å². The normalized spacial score (nSPS) is 11.4. The van der Waals surface area contributed by atoms with Gasteiger partial charge >= 0.3 is 5.97 Å². The number of imidazole rings is 1. The molecule has 0 amide bonds. The average molecular weight is 416 g/mol. The summed E-state index contributed by atoms with van der Waals surface area (Å²) in [5.74, 6) is -0.369. The van der Waals surface area contributed by atoms with E-state index in [1.54, 1.807) is 16.7 Å². The van der Waals surface area contributed by atoms with E-state index in [2.05, 4.69) is 23.8 Å². The van der Waals surface area contributed by atoms with Crippen LogP contribution < -0.4 is 11.3 Å². The topological polar surface area (TPSA) is 114 Å². The number of hydrogen-bond acceptors (Lipinski definition) is 4. The first kappa shape index (κ1) is 20.6. The highest BCUT2D eigenvalue weighted by Gasteiger charge is 2.19. The van der Waals surface area contributed by atoms with Crippen LogP contribution in [0.1, 0.15) is 30.0 Å². The zero-order valence-corrected chi connectivity index (χ0v) is 17.4. The number of aromatic amines is 1. The molecule has 2 aromatic heterocycles. The lowest BCUT2D eigenvalue weighted by Gasteiger charge is -2.21. The molecule has 4 N–H and O–H groups in total. The van der Waals surface area contributed by atoms with Crippen molar-refractivity contribution in [2.24, 2.45) is 11.7 Å². The molecule has 0 unspecified atom stereocenters. The lowest BCUT2D eigenvalue weighted by Crippen LogP contribution is -2.28. The van der Waals surface area contributed by atoms with Gasteiger partial charge in [-0.05, 0) is 29.0 Å². The monoisotopic (exact) mass is 416 g/mol. The standard InChI is InChI=1S/C24H24N4O3/c1-14(2)13-28-20(11-25)21(15-6-4-3-5-7-15)18-10-16(8-9-17(18)23(28)29)22-26-12-19(27-22)24(30)31/h3-10,12,14H,11,13,25H2,1-2H3,(H,26,27)(H,30,31). The number of carboxylic acids is 1. The number of nitrogens with one attached hydrogen (secondary N) is 1. The summed E-state index contributed by atoms with van der Waals surface area (Å²) in [4.78, 5) is 31.6. The quantitative estimate of drug-likeness (QED) is 0.441. The molecule has 2 heterocycles. The zero-order chi connectivity index (χ0) is 22.1. The van der Waals surface area contributed by atoms with Crippen LogP contribution in [0.25, 0.3) is 33.3 Å². The summed E-state index contributed by atoms with van der Waals surface area (Å²) < 4.78 is 1.78. The summed E-state index contributed by atoms with van der Waals surface area (Å²) >= 11 is 0. The van der Waals surface area contributed by atoms with Crippen LogP contribution in [0, 0.1) is 5.92 Å². The Balaban J connectivity index is 2.05. The summed E-state index contributed by atoms with van der Waals surface area (Å²) in [5.41, 5.74) is 9.44. The van der Waals surface area contributed by atoms with Crippen molar-refractivity contribution in [1.82, 2.24) is 14.5 Å². The number of benzene rings is 2. The first-order valence-electron chi connectivity index (χ1n) is 10.1. The molecule has 0 saturated heterocycles. The fraction of sp³-hybridized carbons (Fsp3) is 0.208. The van der Waals surface area contributed by atoms with E-state index in [1.165, 1.54) is 6.20 Å². The number of pyridine rings is 1. The van der Waals surface area contributed by atoms with Gasteiger partial charge in [0, 0.05) is 35.3 Å². The summed E-state index contributed by atoms with van der Waals surface area (Å²) in [6, 6.07) is 15.3. The van der Waals surface area contributed by atoms with Gasteiger partial charge in [0.2, 0.25) is 0 Å². The van der Waals surface area contributed by atoms with E-state index in [9.17, 15) is 14.7 Å². The third-order valence-corrected chi connectivity index (χ3v) is 5.26. The molecule has 0 atom stereocenters. The van der Waals surface area contributed by atoms with Crippen molar-refractivity contribution >= 4 is 16.7 Å². The van der Waals surface area contributed by atoms with E-state index in [4.69, 9.17) is 5.73 Å². The number of carboxylic acid groups (broad SMARTS) is 1. The molecule has 0 spiro atoms. The minimum absolute atomic E-state index is 0.00776. The molecule has 31 heavy (non-hydrogen) atoms. The Bertz CT molecular complexity index is 1320. The maximum atomic E-state index is 13.4. The summed E-state index contributed by atoms with van der Waals surface area (Å²) in [5, 5.41) is 10.5. The van der Waals surface area contributed by atoms with Crippen molar-refractivity contribution in [1.29, 1.82) is 0 Å². The molecular weight excluding hydrogens is 392 g/mol. The molecule has 7 heteroatoms. The van der Waals surface area contributed by atoms with Crippen LogP contribution in [-0.2, 0) is 13.1 Å². The Morgan fingerprint density at radius 1 is 1.13 bits per heavy atom. The minimum Gasteiger partial charge on any atom is -0.477 e. The predicted molar refractivity (Wildman–Crippen MR) is 121 cm³/mol. The highest BCUT2D eigenvalue weighted by atomic mass is 16.4. The molecule has 0 fully saturated rings. The number of carbonyl (C=O) groups is 1. The van der Waals surface area contributed by atoms with Crippen molar-refractivity contribution in [3.05, 3.63) is 76.5 Å². The molecule has 0 saturated carbocycles. The molecular formula is C24H24N4O3. The van der Waals surface area contributed by atoms with Gasteiger partial charge in [-0.15, -0.1) is 0 Å². The fourth-order valence-corrected chi connectivity index (χ4v) is 3.92. The first-order valence-corrected chi connectivity index (χ1v) is 10.1. The Morgan fingerprint density at radius 3 is 2.48 bits per heavy atom.